The van der Waals surface area contributed by atoms with Crippen molar-refractivity contribution >= 4 is 16.0 Å². The van der Waals surface area contributed by atoms with E-state index in [-0.39, 0.29) is 18.7 Å². The summed E-state index contributed by atoms with van der Waals surface area (Å²) in [4.78, 5) is 10.1. The van der Waals surface area contributed by atoms with Gasteiger partial charge in [-0.25, -0.2) is 17.6 Å². The van der Waals surface area contributed by atoms with Crippen molar-refractivity contribution < 1.29 is 27.8 Å². The number of nitrogens with zero attached hydrogens (tertiary/aromatic N) is 1. The lowest BCUT2D eigenvalue weighted by Gasteiger charge is -2.29. The molecule has 2 rings (SSSR count). The Bertz CT molecular complexity index is 631. The predicted octanol–water partition coefficient (Wildman–Crippen LogP) is 0.669. The predicted molar refractivity (Wildman–Crippen MR) is 67.4 cm³/mol. The van der Waals surface area contributed by atoms with Crippen molar-refractivity contribution in [1.29, 1.82) is 0 Å². The number of hydrogen-bond donors (Lipinski definition) is 2. The molecular weight excluding hydrogens is 289 g/mol. The molecule has 2 N–H and O–H groups in total. The van der Waals surface area contributed by atoms with Gasteiger partial charge in [0.25, 0.3) is 0 Å². The highest BCUT2D eigenvalue weighted by molar-refractivity contribution is 7.89. The molecule has 0 saturated carbocycles. The quantitative estimate of drug-likeness (QED) is 0.856. The van der Waals surface area contributed by atoms with Crippen molar-refractivity contribution in [3.63, 3.8) is 0 Å². The molecule has 0 aromatic heterocycles. The van der Waals surface area contributed by atoms with Gasteiger partial charge in [0, 0.05) is 13.1 Å². The van der Waals surface area contributed by atoms with Crippen LogP contribution in [0.1, 0.15) is 23.2 Å². The molecule has 110 valence electrons. The van der Waals surface area contributed by atoms with Gasteiger partial charge in [-0.15, -0.1) is 0 Å². The lowest BCUT2D eigenvalue weighted by molar-refractivity contribution is 0.0696. The number of aliphatic hydroxyl groups excluding tert-OH is 1. The Morgan fingerprint density at radius 1 is 1.40 bits per heavy atom. The summed E-state index contributed by atoms with van der Waals surface area (Å²) < 4.78 is 39.4. The van der Waals surface area contributed by atoms with Gasteiger partial charge in [0.2, 0.25) is 10.0 Å². The van der Waals surface area contributed by atoms with E-state index in [4.69, 9.17) is 5.11 Å². The Morgan fingerprint density at radius 2 is 2.10 bits per heavy atom. The third-order valence-electron chi connectivity index (χ3n) is 3.16. The van der Waals surface area contributed by atoms with Crippen LogP contribution < -0.4 is 0 Å². The Morgan fingerprint density at radius 3 is 2.65 bits per heavy atom. The lowest BCUT2D eigenvalue weighted by Crippen LogP contribution is -2.42. The summed E-state index contributed by atoms with van der Waals surface area (Å²) in [7, 11) is -4.06. The first kappa shape index (κ1) is 14.9. The largest absolute Gasteiger partial charge is 0.478 e. The number of hydrogen-bond acceptors (Lipinski definition) is 4. The average molecular weight is 303 g/mol. The number of rotatable bonds is 3. The van der Waals surface area contributed by atoms with Crippen molar-refractivity contribution in [2.24, 2.45) is 0 Å². The van der Waals surface area contributed by atoms with Crippen molar-refractivity contribution in [2.45, 2.75) is 23.8 Å². The molecule has 0 radical (unpaired) electrons. The number of carboxylic acids is 1. The topological polar surface area (TPSA) is 94.9 Å². The highest BCUT2D eigenvalue weighted by atomic mass is 32.2. The molecule has 6 nitrogen and oxygen atoms in total. The monoisotopic (exact) mass is 303 g/mol. The van der Waals surface area contributed by atoms with E-state index >= 15 is 0 Å². The maximum absolute atomic E-state index is 13.8. The van der Waals surface area contributed by atoms with Crippen LogP contribution in [0.5, 0.6) is 0 Å². The van der Waals surface area contributed by atoms with Crippen LogP contribution in [-0.2, 0) is 10.0 Å². The first-order valence-electron chi connectivity index (χ1n) is 6.03. The average Bonchev–Trinajstić information content (AvgIpc) is 2.38. The van der Waals surface area contributed by atoms with Gasteiger partial charge in [-0.3, -0.25) is 0 Å². The fraction of sp³-hybridized carbons (Fsp3) is 0.417. The summed E-state index contributed by atoms with van der Waals surface area (Å²) in [6, 6.07) is 2.66. The number of halogens is 1. The van der Waals surface area contributed by atoms with Gasteiger partial charge in [0.1, 0.15) is 10.7 Å². The standard InChI is InChI=1S/C12H14FNO5S/c13-10-6-8(12(16)17)3-4-11(10)20(18,19)14-5-1-2-9(15)7-14/h3-4,6,9,15H,1-2,5,7H2,(H,16,17)/t9-/m0/s1. The smallest absolute Gasteiger partial charge is 0.335 e. The lowest BCUT2D eigenvalue weighted by atomic mass is 10.1. The summed E-state index contributed by atoms with van der Waals surface area (Å²) >= 11 is 0. The summed E-state index contributed by atoms with van der Waals surface area (Å²) in [5.41, 5.74) is -0.319. The number of carboxylic acid groups (broad SMARTS) is 1. The fourth-order valence-corrected chi connectivity index (χ4v) is 3.68. The van der Waals surface area contributed by atoms with Crippen LogP contribution in [-0.4, -0.2) is 48.1 Å². The molecule has 1 atom stereocenters. The summed E-state index contributed by atoms with van der Waals surface area (Å²) in [5, 5.41) is 18.2. The number of aromatic carboxylic acids is 1. The normalized spacial score (nSPS) is 20.8. The zero-order chi connectivity index (χ0) is 14.9. The van der Waals surface area contributed by atoms with Crippen LogP contribution >= 0.6 is 0 Å². The van der Waals surface area contributed by atoms with E-state index in [0.717, 1.165) is 16.4 Å². The Hall–Kier alpha value is -1.51. The van der Waals surface area contributed by atoms with Crippen molar-refractivity contribution in [1.82, 2.24) is 4.31 Å². The Kier molecular flexibility index (Phi) is 4.07. The third kappa shape index (κ3) is 2.82. The van der Waals surface area contributed by atoms with Gasteiger partial charge in [-0.05, 0) is 31.0 Å². The van der Waals surface area contributed by atoms with Gasteiger partial charge in [-0.1, -0.05) is 0 Å². The van der Waals surface area contributed by atoms with Crippen molar-refractivity contribution in [2.75, 3.05) is 13.1 Å². The first-order chi connectivity index (χ1) is 9.32. The minimum absolute atomic E-state index is 0.0809. The zero-order valence-corrected chi connectivity index (χ0v) is 11.3. The molecule has 0 unspecified atom stereocenters. The van der Waals surface area contributed by atoms with E-state index in [0.29, 0.717) is 18.9 Å². The van der Waals surface area contributed by atoms with E-state index in [1.54, 1.807) is 0 Å². The first-order valence-corrected chi connectivity index (χ1v) is 7.47. The second kappa shape index (κ2) is 5.47. The van der Waals surface area contributed by atoms with Crippen LogP contribution in [0.15, 0.2) is 23.1 Å². The third-order valence-corrected chi connectivity index (χ3v) is 5.05. The highest BCUT2D eigenvalue weighted by Gasteiger charge is 2.31. The van der Waals surface area contributed by atoms with E-state index in [1.807, 2.05) is 0 Å². The number of piperidine rings is 1. The second-order valence-electron chi connectivity index (χ2n) is 4.61. The molecule has 1 aromatic rings. The molecule has 0 amide bonds. The van der Waals surface area contributed by atoms with Gasteiger partial charge >= 0.3 is 5.97 Å². The minimum atomic E-state index is -4.06. The number of carbonyl (C=O) groups is 1. The molecule has 1 aliphatic heterocycles. The molecule has 1 heterocycles. The number of aliphatic hydroxyl groups is 1. The van der Waals surface area contributed by atoms with Crippen LogP contribution in [0.25, 0.3) is 0 Å². The Labute approximate surface area is 115 Å². The van der Waals surface area contributed by atoms with Crippen LogP contribution in [0, 0.1) is 5.82 Å². The van der Waals surface area contributed by atoms with Crippen LogP contribution in [0.4, 0.5) is 4.39 Å². The van der Waals surface area contributed by atoms with Gasteiger partial charge in [-0.2, -0.15) is 4.31 Å². The maximum Gasteiger partial charge on any atom is 0.335 e. The van der Waals surface area contributed by atoms with Crippen molar-refractivity contribution in [3.8, 4) is 0 Å². The SMILES string of the molecule is O=C(O)c1ccc(S(=O)(=O)N2CCC[C@H](O)C2)c(F)c1. The number of β-amino-alcohol motifs (C(OH)–C–C–N with tert-alkyl or cyclic N) is 1. The molecular formula is C12H14FNO5S. The molecule has 0 spiro atoms. The van der Waals surface area contributed by atoms with E-state index in [1.165, 1.54) is 0 Å². The summed E-state index contributed by atoms with van der Waals surface area (Å²) in [6.45, 7) is 0.127. The van der Waals surface area contributed by atoms with E-state index in [2.05, 4.69) is 0 Å². The fourth-order valence-electron chi connectivity index (χ4n) is 2.12. The molecule has 0 bridgehead atoms. The van der Waals surface area contributed by atoms with Crippen molar-refractivity contribution in [3.05, 3.63) is 29.6 Å². The van der Waals surface area contributed by atoms with Gasteiger partial charge < -0.3 is 10.2 Å². The molecule has 8 heteroatoms. The highest BCUT2D eigenvalue weighted by Crippen LogP contribution is 2.23. The molecule has 0 aliphatic carbocycles. The number of sulfonamides is 1. The van der Waals surface area contributed by atoms with E-state index < -0.39 is 32.8 Å². The Balaban J connectivity index is 2.36. The molecule has 1 aliphatic rings. The molecule has 20 heavy (non-hydrogen) atoms. The maximum atomic E-state index is 13.8. The molecule has 1 fully saturated rings. The minimum Gasteiger partial charge on any atom is -0.478 e. The zero-order valence-electron chi connectivity index (χ0n) is 10.5. The second-order valence-corrected chi connectivity index (χ2v) is 6.52. The van der Waals surface area contributed by atoms with Gasteiger partial charge in [0.05, 0.1) is 11.7 Å². The summed E-state index contributed by atoms with van der Waals surface area (Å²) in [5.74, 6) is -2.44. The van der Waals surface area contributed by atoms with Gasteiger partial charge in [0.15, 0.2) is 0 Å². The van der Waals surface area contributed by atoms with E-state index in [9.17, 15) is 22.7 Å². The molecule has 1 saturated heterocycles. The van der Waals surface area contributed by atoms with Crippen LogP contribution in [0.2, 0.25) is 0 Å². The number of benzene rings is 1. The van der Waals surface area contributed by atoms with Crippen LogP contribution in [0.3, 0.4) is 0 Å². The molecule has 1 aromatic carbocycles. The summed E-state index contributed by atoms with van der Waals surface area (Å²) in [6.07, 6.45) is 0.238.